The lowest BCUT2D eigenvalue weighted by molar-refractivity contribution is 0.112. The average Bonchev–Trinajstić information content (AvgIpc) is 2.15. The van der Waals surface area contributed by atoms with Gasteiger partial charge in [0.05, 0.1) is 0 Å². The third-order valence-electron chi connectivity index (χ3n) is 1.74. The van der Waals surface area contributed by atoms with Crippen LogP contribution in [0.3, 0.4) is 0 Å². The van der Waals surface area contributed by atoms with Crippen LogP contribution in [0.5, 0.6) is 0 Å². The standard InChI is InChI=1S/C10H12O2/c11-7-1-2-9-3-5-10(8-12)6-4-9/h3-6,8,11H,1-2,7H2. The molecule has 1 rings (SSSR count). The van der Waals surface area contributed by atoms with Gasteiger partial charge in [-0.25, -0.2) is 0 Å². The van der Waals surface area contributed by atoms with Gasteiger partial charge in [0.25, 0.3) is 0 Å². The van der Waals surface area contributed by atoms with Crippen LogP contribution >= 0.6 is 0 Å². The Morgan fingerprint density at radius 3 is 2.42 bits per heavy atom. The van der Waals surface area contributed by atoms with Crippen LogP contribution in [0.1, 0.15) is 22.3 Å². The number of aliphatic hydroxyl groups excluding tert-OH is 1. The summed E-state index contributed by atoms with van der Waals surface area (Å²) in [5.41, 5.74) is 1.86. The molecule has 0 heterocycles. The predicted octanol–water partition coefficient (Wildman–Crippen LogP) is 1.42. The van der Waals surface area contributed by atoms with E-state index in [9.17, 15) is 4.79 Å². The second-order valence-electron chi connectivity index (χ2n) is 2.69. The Kier molecular flexibility index (Phi) is 3.48. The topological polar surface area (TPSA) is 37.3 Å². The molecule has 0 radical (unpaired) electrons. The summed E-state index contributed by atoms with van der Waals surface area (Å²) in [6, 6.07) is 7.41. The molecule has 1 aromatic carbocycles. The van der Waals surface area contributed by atoms with Crippen LogP contribution in [-0.4, -0.2) is 18.0 Å². The van der Waals surface area contributed by atoms with E-state index in [1.807, 2.05) is 12.1 Å². The van der Waals surface area contributed by atoms with Crippen LogP contribution in [0, 0.1) is 0 Å². The number of benzene rings is 1. The van der Waals surface area contributed by atoms with E-state index in [2.05, 4.69) is 0 Å². The van der Waals surface area contributed by atoms with Crippen molar-refractivity contribution in [2.24, 2.45) is 0 Å². The Morgan fingerprint density at radius 1 is 1.25 bits per heavy atom. The summed E-state index contributed by atoms with van der Waals surface area (Å²) in [7, 11) is 0. The zero-order chi connectivity index (χ0) is 8.81. The summed E-state index contributed by atoms with van der Waals surface area (Å²) in [5.74, 6) is 0. The number of carbonyl (C=O) groups excluding carboxylic acids is 1. The van der Waals surface area contributed by atoms with E-state index >= 15 is 0 Å². The molecule has 2 nitrogen and oxygen atoms in total. The Hall–Kier alpha value is -1.15. The molecule has 0 saturated heterocycles. The minimum atomic E-state index is 0.218. The van der Waals surface area contributed by atoms with Gasteiger partial charge in [-0.2, -0.15) is 0 Å². The van der Waals surface area contributed by atoms with E-state index in [-0.39, 0.29) is 6.61 Å². The highest BCUT2D eigenvalue weighted by molar-refractivity contribution is 5.74. The molecule has 1 N–H and O–H groups in total. The second-order valence-corrected chi connectivity index (χ2v) is 2.69. The van der Waals surface area contributed by atoms with Crippen molar-refractivity contribution in [3.8, 4) is 0 Å². The lowest BCUT2D eigenvalue weighted by atomic mass is 10.1. The number of rotatable bonds is 4. The Morgan fingerprint density at radius 2 is 1.92 bits per heavy atom. The van der Waals surface area contributed by atoms with E-state index in [1.54, 1.807) is 12.1 Å². The van der Waals surface area contributed by atoms with Crippen LogP contribution < -0.4 is 0 Å². The lowest BCUT2D eigenvalue weighted by Crippen LogP contribution is -1.89. The molecule has 2 heteroatoms. The van der Waals surface area contributed by atoms with Crippen LogP contribution in [0.25, 0.3) is 0 Å². The Labute approximate surface area is 71.8 Å². The van der Waals surface area contributed by atoms with Gasteiger partial charge in [-0.05, 0) is 18.4 Å². The quantitative estimate of drug-likeness (QED) is 0.683. The van der Waals surface area contributed by atoms with Crippen LogP contribution in [0.4, 0.5) is 0 Å². The third kappa shape index (κ3) is 2.47. The van der Waals surface area contributed by atoms with Gasteiger partial charge in [0.2, 0.25) is 0 Å². The molecule has 0 aliphatic heterocycles. The van der Waals surface area contributed by atoms with Gasteiger partial charge in [0.1, 0.15) is 6.29 Å². The molecule has 0 fully saturated rings. The minimum Gasteiger partial charge on any atom is -0.396 e. The van der Waals surface area contributed by atoms with Gasteiger partial charge in [-0.15, -0.1) is 0 Å². The summed E-state index contributed by atoms with van der Waals surface area (Å²) >= 11 is 0. The highest BCUT2D eigenvalue weighted by atomic mass is 16.2. The molecular formula is C10H12O2. The van der Waals surface area contributed by atoms with E-state index in [0.717, 1.165) is 24.7 Å². The van der Waals surface area contributed by atoms with Gasteiger partial charge in [0.15, 0.2) is 0 Å². The highest BCUT2D eigenvalue weighted by Crippen LogP contribution is 2.04. The van der Waals surface area contributed by atoms with Gasteiger partial charge in [-0.1, -0.05) is 24.3 Å². The zero-order valence-corrected chi connectivity index (χ0v) is 6.86. The van der Waals surface area contributed by atoms with Crippen molar-refractivity contribution in [3.05, 3.63) is 35.4 Å². The number of carbonyl (C=O) groups is 1. The molecule has 0 spiro atoms. The Balaban J connectivity index is 2.58. The maximum atomic E-state index is 10.3. The van der Waals surface area contributed by atoms with Crippen LogP contribution in [-0.2, 0) is 6.42 Å². The molecule has 12 heavy (non-hydrogen) atoms. The summed E-state index contributed by atoms with van der Waals surface area (Å²) in [6.45, 7) is 0.218. The van der Waals surface area contributed by atoms with Crippen molar-refractivity contribution in [2.45, 2.75) is 12.8 Å². The third-order valence-corrected chi connectivity index (χ3v) is 1.74. The summed E-state index contributed by atoms with van der Waals surface area (Å²) in [6.07, 6.45) is 2.48. The fourth-order valence-corrected chi connectivity index (χ4v) is 1.05. The Bertz CT molecular complexity index is 239. The molecule has 0 bridgehead atoms. The highest BCUT2D eigenvalue weighted by Gasteiger charge is 1.92. The van der Waals surface area contributed by atoms with E-state index in [4.69, 9.17) is 5.11 Å². The first-order valence-corrected chi connectivity index (χ1v) is 4.02. The van der Waals surface area contributed by atoms with E-state index in [1.165, 1.54) is 0 Å². The second kappa shape index (κ2) is 4.67. The molecule has 0 atom stereocenters. The molecule has 0 aliphatic carbocycles. The smallest absolute Gasteiger partial charge is 0.150 e. The van der Waals surface area contributed by atoms with Crippen molar-refractivity contribution >= 4 is 6.29 Å². The summed E-state index contributed by atoms with van der Waals surface area (Å²) in [5, 5.41) is 8.57. The number of aldehydes is 1. The van der Waals surface area contributed by atoms with Crippen LogP contribution in [0.15, 0.2) is 24.3 Å². The van der Waals surface area contributed by atoms with Crippen molar-refractivity contribution < 1.29 is 9.90 Å². The van der Waals surface area contributed by atoms with Crippen molar-refractivity contribution in [3.63, 3.8) is 0 Å². The number of aliphatic hydroxyl groups is 1. The average molecular weight is 164 g/mol. The van der Waals surface area contributed by atoms with Crippen molar-refractivity contribution in [2.75, 3.05) is 6.61 Å². The van der Waals surface area contributed by atoms with E-state index < -0.39 is 0 Å². The molecule has 64 valence electrons. The summed E-state index contributed by atoms with van der Waals surface area (Å²) < 4.78 is 0. The molecule has 0 aliphatic rings. The predicted molar refractivity (Wildman–Crippen MR) is 47.2 cm³/mol. The zero-order valence-electron chi connectivity index (χ0n) is 6.86. The van der Waals surface area contributed by atoms with Gasteiger partial charge in [-0.3, -0.25) is 4.79 Å². The minimum absolute atomic E-state index is 0.218. The first-order valence-electron chi connectivity index (χ1n) is 4.02. The number of aryl methyl sites for hydroxylation is 1. The van der Waals surface area contributed by atoms with Crippen molar-refractivity contribution in [1.29, 1.82) is 0 Å². The molecule has 1 aromatic rings. The van der Waals surface area contributed by atoms with Gasteiger partial charge in [0, 0.05) is 12.2 Å². The SMILES string of the molecule is O=Cc1ccc(CCCO)cc1. The molecular weight excluding hydrogens is 152 g/mol. The monoisotopic (exact) mass is 164 g/mol. The van der Waals surface area contributed by atoms with Gasteiger partial charge < -0.3 is 5.11 Å². The fraction of sp³-hybridized carbons (Fsp3) is 0.300. The fourth-order valence-electron chi connectivity index (χ4n) is 1.05. The molecule has 0 aromatic heterocycles. The van der Waals surface area contributed by atoms with Gasteiger partial charge >= 0.3 is 0 Å². The first kappa shape index (κ1) is 8.94. The largest absolute Gasteiger partial charge is 0.396 e. The van der Waals surface area contributed by atoms with E-state index in [0.29, 0.717) is 5.56 Å². The lowest BCUT2D eigenvalue weighted by Gasteiger charge is -1.98. The summed E-state index contributed by atoms with van der Waals surface area (Å²) in [4.78, 5) is 10.3. The maximum absolute atomic E-state index is 10.3. The first-order chi connectivity index (χ1) is 5.86. The molecule has 0 amide bonds. The molecule has 0 saturated carbocycles. The van der Waals surface area contributed by atoms with Crippen molar-refractivity contribution in [1.82, 2.24) is 0 Å². The normalized spacial score (nSPS) is 9.75. The number of hydrogen-bond donors (Lipinski definition) is 1. The number of hydrogen-bond acceptors (Lipinski definition) is 2. The van der Waals surface area contributed by atoms with Crippen LogP contribution in [0.2, 0.25) is 0 Å². The maximum Gasteiger partial charge on any atom is 0.150 e. The molecule has 0 unspecified atom stereocenters.